The first kappa shape index (κ1) is 19.3. The molecule has 0 heterocycles. The van der Waals surface area contributed by atoms with E-state index in [2.05, 4.69) is 10.6 Å². The minimum absolute atomic E-state index is 0.170. The minimum Gasteiger partial charge on any atom is -0.355 e. The van der Waals surface area contributed by atoms with Gasteiger partial charge in [-0.2, -0.15) is 0 Å². The van der Waals surface area contributed by atoms with E-state index in [0.29, 0.717) is 29.2 Å². The van der Waals surface area contributed by atoms with Crippen molar-refractivity contribution in [3.05, 3.63) is 64.9 Å². The van der Waals surface area contributed by atoms with Crippen LogP contribution in [0.2, 0.25) is 5.02 Å². The summed E-state index contributed by atoms with van der Waals surface area (Å²) in [6.45, 7) is 0.358. The number of anilines is 1. The highest BCUT2D eigenvalue weighted by Gasteiger charge is 2.07. The molecule has 0 saturated heterocycles. The van der Waals surface area contributed by atoms with Crippen LogP contribution in [0.4, 0.5) is 10.1 Å². The lowest BCUT2D eigenvalue weighted by Gasteiger charge is -2.07. The van der Waals surface area contributed by atoms with Crippen LogP contribution in [0.25, 0.3) is 0 Å². The SMILES string of the molecule is O=C(CSCC(=O)Nc1ccc(Cl)cc1)NCCc1ccccc1F. The van der Waals surface area contributed by atoms with Gasteiger partial charge in [0, 0.05) is 17.3 Å². The zero-order valence-corrected chi connectivity index (χ0v) is 15.0. The molecule has 0 aliphatic carbocycles. The van der Waals surface area contributed by atoms with Crippen LogP contribution >= 0.6 is 23.4 Å². The number of carbonyl (C=O) groups excluding carboxylic acids is 2. The number of hydrogen-bond acceptors (Lipinski definition) is 3. The molecule has 7 heteroatoms. The van der Waals surface area contributed by atoms with Gasteiger partial charge in [0.1, 0.15) is 5.82 Å². The van der Waals surface area contributed by atoms with Gasteiger partial charge in [-0.1, -0.05) is 29.8 Å². The Morgan fingerprint density at radius 1 is 1.00 bits per heavy atom. The molecule has 0 fully saturated rings. The number of rotatable bonds is 8. The standard InChI is InChI=1S/C18H18ClFN2O2S/c19-14-5-7-15(8-6-14)22-18(24)12-25-11-17(23)21-10-9-13-3-1-2-4-16(13)20/h1-8H,9-12H2,(H,21,23)(H,22,24). The molecule has 2 aromatic carbocycles. The summed E-state index contributed by atoms with van der Waals surface area (Å²) in [5, 5.41) is 6.03. The van der Waals surface area contributed by atoms with E-state index in [1.54, 1.807) is 42.5 Å². The smallest absolute Gasteiger partial charge is 0.234 e. The number of carbonyl (C=O) groups is 2. The van der Waals surface area contributed by atoms with Gasteiger partial charge >= 0.3 is 0 Å². The molecule has 2 aromatic rings. The van der Waals surface area contributed by atoms with Crippen LogP contribution in [0, 0.1) is 5.82 Å². The maximum atomic E-state index is 13.4. The fraction of sp³-hybridized carbons (Fsp3) is 0.222. The highest BCUT2D eigenvalue weighted by Crippen LogP contribution is 2.13. The lowest BCUT2D eigenvalue weighted by molar-refractivity contribution is -0.118. The third-order valence-electron chi connectivity index (χ3n) is 3.27. The Morgan fingerprint density at radius 2 is 1.68 bits per heavy atom. The molecule has 0 aliphatic heterocycles. The van der Waals surface area contributed by atoms with Gasteiger partial charge in [0.2, 0.25) is 11.8 Å². The maximum absolute atomic E-state index is 13.4. The third-order valence-corrected chi connectivity index (χ3v) is 4.45. The Morgan fingerprint density at radius 3 is 2.40 bits per heavy atom. The van der Waals surface area contributed by atoms with Crippen molar-refractivity contribution in [3.63, 3.8) is 0 Å². The minimum atomic E-state index is -0.273. The molecule has 2 rings (SSSR count). The summed E-state index contributed by atoms with van der Waals surface area (Å²) >= 11 is 6.99. The summed E-state index contributed by atoms with van der Waals surface area (Å²) in [5.41, 5.74) is 1.22. The summed E-state index contributed by atoms with van der Waals surface area (Å²) in [6.07, 6.45) is 0.431. The van der Waals surface area contributed by atoms with E-state index in [-0.39, 0.29) is 29.1 Å². The second-order valence-electron chi connectivity index (χ2n) is 5.24. The number of hydrogen-bond donors (Lipinski definition) is 2. The molecule has 0 unspecified atom stereocenters. The van der Waals surface area contributed by atoms with Crippen molar-refractivity contribution >= 4 is 40.9 Å². The van der Waals surface area contributed by atoms with E-state index in [1.165, 1.54) is 17.8 Å². The average Bonchev–Trinajstić information content (AvgIpc) is 2.59. The van der Waals surface area contributed by atoms with Crippen molar-refractivity contribution in [2.45, 2.75) is 6.42 Å². The zero-order chi connectivity index (χ0) is 18.1. The fourth-order valence-electron chi connectivity index (χ4n) is 2.06. The monoisotopic (exact) mass is 380 g/mol. The van der Waals surface area contributed by atoms with Crippen molar-refractivity contribution < 1.29 is 14.0 Å². The van der Waals surface area contributed by atoms with Crippen molar-refractivity contribution in [2.24, 2.45) is 0 Å². The van der Waals surface area contributed by atoms with E-state index in [9.17, 15) is 14.0 Å². The van der Waals surface area contributed by atoms with Gasteiger partial charge in [-0.05, 0) is 42.3 Å². The first-order chi connectivity index (χ1) is 12.0. The molecular weight excluding hydrogens is 363 g/mol. The van der Waals surface area contributed by atoms with Crippen LogP contribution < -0.4 is 10.6 Å². The lowest BCUT2D eigenvalue weighted by Crippen LogP contribution is -2.28. The highest BCUT2D eigenvalue weighted by molar-refractivity contribution is 8.00. The van der Waals surface area contributed by atoms with Gasteiger partial charge in [-0.3, -0.25) is 9.59 Å². The maximum Gasteiger partial charge on any atom is 0.234 e. The molecule has 0 bridgehead atoms. The Hall–Kier alpha value is -2.05. The quantitative estimate of drug-likeness (QED) is 0.736. The van der Waals surface area contributed by atoms with Crippen molar-refractivity contribution in [1.29, 1.82) is 0 Å². The van der Waals surface area contributed by atoms with Gasteiger partial charge in [0.25, 0.3) is 0 Å². The Balaban J connectivity index is 1.61. The molecule has 0 saturated carbocycles. The number of thioether (sulfide) groups is 1. The fourth-order valence-corrected chi connectivity index (χ4v) is 2.83. The molecule has 0 atom stereocenters. The molecule has 0 radical (unpaired) electrons. The molecule has 0 aromatic heterocycles. The number of nitrogens with one attached hydrogen (secondary N) is 2. The van der Waals surface area contributed by atoms with Gasteiger partial charge in [0.15, 0.2) is 0 Å². The summed E-state index contributed by atoms with van der Waals surface area (Å²) < 4.78 is 13.4. The molecule has 2 N–H and O–H groups in total. The molecule has 0 spiro atoms. The molecule has 0 aliphatic rings. The second kappa shape index (κ2) is 10.1. The van der Waals surface area contributed by atoms with Gasteiger partial charge < -0.3 is 10.6 Å². The van der Waals surface area contributed by atoms with Crippen LogP contribution in [0.1, 0.15) is 5.56 Å². The normalized spacial score (nSPS) is 10.3. The molecule has 132 valence electrons. The van der Waals surface area contributed by atoms with Gasteiger partial charge in [0.05, 0.1) is 11.5 Å². The Labute approximate surface area is 155 Å². The molecule has 4 nitrogen and oxygen atoms in total. The predicted octanol–water partition coefficient (Wildman–Crippen LogP) is 3.51. The summed E-state index contributed by atoms with van der Waals surface area (Å²) in [5.74, 6) is -0.300. The Bertz CT molecular complexity index is 725. The highest BCUT2D eigenvalue weighted by atomic mass is 35.5. The van der Waals surface area contributed by atoms with Crippen LogP contribution in [0.3, 0.4) is 0 Å². The molecule has 2 amide bonds. The third kappa shape index (κ3) is 7.15. The number of amides is 2. The predicted molar refractivity (Wildman–Crippen MR) is 101 cm³/mol. The number of benzene rings is 2. The van der Waals surface area contributed by atoms with Crippen molar-refractivity contribution in [1.82, 2.24) is 5.32 Å². The van der Waals surface area contributed by atoms with Gasteiger partial charge in [-0.25, -0.2) is 4.39 Å². The second-order valence-corrected chi connectivity index (χ2v) is 6.66. The summed E-state index contributed by atoms with van der Waals surface area (Å²) in [4.78, 5) is 23.5. The average molecular weight is 381 g/mol. The first-order valence-corrected chi connectivity index (χ1v) is 9.21. The molecular formula is C18H18ClFN2O2S. The Kier molecular flexibility index (Phi) is 7.76. The molecule has 25 heavy (non-hydrogen) atoms. The van der Waals surface area contributed by atoms with Crippen LogP contribution in [-0.4, -0.2) is 29.9 Å². The van der Waals surface area contributed by atoms with E-state index >= 15 is 0 Å². The van der Waals surface area contributed by atoms with E-state index < -0.39 is 0 Å². The largest absolute Gasteiger partial charge is 0.355 e. The topological polar surface area (TPSA) is 58.2 Å². The van der Waals surface area contributed by atoms with E-state index in [0.717, 1.165) is 0 Å². The van der Waals surface area contributed by atoms with Gasteiger partial charge in [-0.15, -0.1) is 11.8 Å². The van der Waals surface area contributed by atoms with E-state index in [4.69, 9.17) is 11.6 Å². The van der Waals surface area contributed by atoms with E-state index in [1.807, 2.05) is 0 Å². The summed E-state index contributed by atoms with van der Waals surface area (Å²) in [7, 11) is 0. The first-order valence-electron chi connectivity index (χ1n) is 7.68. The van der Waals surface area contributed by atoms with Crippen molar-refractivity contribution in [3.8, 4) is 0 Å². The zero-order valence-electron chi connectivity index (χ0n) is 13.4. The van der Waals surface area contributed by atoms with Crippen molar-refractivity contribution in [2.75, 3.05) is 23.4 Å². The number of halogens is 2. The lowest BCUT2D eigenvalue weighted by atomic mass is 10.1. The van der Waals surface area contributed by atoms with Crippen LogP contribution in [-0.2, 0) is 16.0 Å². The van der Waals surface area contributed by atoms with Crippen LogP contribution in [0.5, 0.6) is 0 Å². The summed E-state index contributed by atoms with van der Waals surface area (Å²) in [6, 6.07) is 13.3. The van der Waals surface area contributed by atoms with Crippen LogP contribution in [0.15, 0.2) is 48.5 Å².